The molecule has 2 heteroatoms. The van der Waals surface area contributed by atoms with E-state index < -0.39 is 0 Å². The zero-order valence-corrected chi connectivity index (χ0v) is 66.2. The number of fused-ring (bicyclic) bond motifs is 16. The maximum absolute atomic E-state index is 5.50. The molecule has 1 spiro atoms. The normalized spacial score (nSPS) is 12.9. The highest BCUT2D eigenvalue weighted by Crippen LogP contribution is 2.63. The van der Waals surface area contributed by atoms with Crippen molar-refractivity contribution in [1.82, 2.24) is 0 Å². The van der Waals surface area contributed by atoms with Crippen LogP contribution in [-0.2, 0) is 21.7 Å². The highest BCUT2D eigenvalue weighted by Gasteiger charge is 2.52. The molecule has 0 unspecified atom stereocenters. The fraction of sp³-hybridized carbons (Fsp3) is 0.208. The predicted molar refractivity (Wildman–Crippen MR) is 460 cm³/mol. The quantitative estimate of drug-likeness (QED) is 0.148. The Morgan fingerprint density at radius 3 is 0.917 bits per heavy atom. The maximum Gasteiger partial charge on any atom is 0.119 e. The van der Waals surface area contributed by atoms with Gasteiger partial charge in [0.15, 0.2) is 0 Å². The molecule has 0 aliphatic heterocycles. The summed E-state index contributed by atoms with van der Waals surface area (Å²) in [5.74, 6) is 1.90. The van der Waals surface area contributed by atoms with Crippen LogP contribution >= 0.6 is 0 Å². The summed E-state index contributed by atoms with van der Waals surface area (Å²) in [7, 11) is 1.67. The first-order valence-electron chi connectivity index (χ1n) is 38.5. The molecular weight excluding hydrogens is 1310 g/mol. The van der Waals surface area contributed by atoms with E-state index >= 15 is 0 Å². The molecule has 0 saturated heterocycles. The van der Waals surface area contributed by atoms with Crippen molar-refractivity contribution in [3.63, 3.8) is 0 Å². The van der Waals surface area contributed by atoms with Gasteiger partial charge in [-0.25, -0.2) is 0 Å². The van der Waals surface area contributed by atoms with E-state index in [9.17, 15) is 0 Å². The summed E-state index contributed by atoms with van der Waals surface area (Å²) in [4.78, 5) is 0. The third kappa shape index (κ3) is 16.0. The van der Waals surface area contributed by atoms with Gasteiger partial charge in [-0.2, -0.15) is 0 Å². The summed E-state index contributed by atoms with van der Waals surface area (Å²) in [6, 6.07) is 120. The third-order valence-corrected chi connectivity index (χ3v) is 21.7. The third-order valence-electron chi connectivity index (χ3n) is 21.7. The molecule has 14 aromatic rings. The van der Waals surface area contributed by atoms with E-state index in [0.717, 1.165) is 24.5 Å². The number of rotatable bonds is 7. The molecule has 0 heterocycles. The molecule has 18 rings (SSSR count). The van der Waals surface area contributed by atoms with Crippen LogP contribution in [0.2, 0.25) is 0 Å². The summed E-state index contributed by atoms with van der Waals surface area (Å²) in [5.41, 5.74) is 36.9. The number of benzene rings is 14. The van der Waals surface area contributed by atoms with Gasteiger partial charge in [0.05, 0.1) is 24.5 Å². The van der Waals surface area contributed by atoms with Crippen LogP contribution in [0.5, 0.6) is 11.5 Å². The van der Waals surface area contributed by atoms with E-state index in [1.165, 1.54) is 157 Å². The van der Waals surface area contributed by atoms with E-state index in [1.807, 2.05) is 36.4 Å². The minimum Gasteiger partial charge on any atom is -0.497 e. The smallest absolute Gasteiger partial charge is 0.119 e. The summed E-state index contributed by atoms with van der Waals surface area (Å²) in [6.45, 7) is 31.3. The molecule has 0 saturated carbocycles. The lowest BCUT2D eigenvalue weighted by Gasteiger charge is -2.34. The topological polar surface area (TPSA) is 18.5 Å². The molecule has 0 N–H and O–H groups in total. The van der Waals surface area contributed by atoms with Crippen LogP contribution in [0.4, 0.5) is 0 Å². The van der Waals surface area contributed by atoms with Gasteiger partial charge < -0.3 is 9.47 Å². The van der Waals surface area contributed by atoms with Crippen LogP contribution in [0.1, 0.15) is 160 Å². The molecule has 0 aromatic heterocycles. The van der Waals surface area contributed by atoms with Crippen LogP contribution in [0.15, 0.2) is 334 Å². The van der Waals surface area contributed by atoms with Gasteiger partial charge in [0.1, 0.15) is 11.5 Å². The molecule has 0 amide bonds. The summed E-state index contributed by atoms with van der Waals surface area (Å²) in [6.07, 6.45) is 2.32. The minimum atomic E-state index is -0.263. The second-order valence-corrected chi connectivity index (χ2v) is 31.0. The van der Waals surface area contributed by atoms with Crippen LogP contribution in [0, 0.1) is 55.4 Å². The fourth-order valence-electron chi connectivity index (χ4n) is 15.9. The lowest BCUT2D eigenvalue weighted by atomic mass is 9.67. The van der Waals surface area contributed by atoms with Crippen LogP contribution in [0.3, 0.4) is 0 Å². The predicted octanol–water partition coefficient (Wildman–Crippen LogP) is 27.8. The lowest BCUT2D eigenvalue weighted by molar-refractivity contribution is 0.309. The largest absolute Gasteiger partial charge is 0.497 e. The Labute approximate surface area is 645 Å². The van der Waals surface area contributed by atoms with Crippen molar-refractivity contribution in [1.29, 1.82) is 0 Å². The van der Waals surface area contributed by atoms with E-state index in [4.69, 9.17) is 9.47 Å². The Hall–Kier alpha value is -11.3. The fourth-order valence-corrected chi connectivity index (χ4v) is 15.9. The Balaban J connectivity index is 0.000000123. The Morgan fingerprint density at radius 2 is 0.546 bits per heavy atom. The molecular formula is C106H106O2. The molecule has 0 bridgehead atoms. The highest BCUT2D eigenvalue weighted by atomic mass is 16.5. The van der Waals surface area contributed by atoms with E-state index in [2.05, 4.69) is 394 Å². The van der Waals surface area contributed by atoms with Gasteiger partial charge in [-0.15, -0.1) is 0 Å². The van der Waals surface area contributed by atoms with E-state index in [0.29, 0.717) is 0 Å². The maximum atomic E-state index is 5.50. The zero-order valence-electron chi connectivity index (χ0n) is 66.2. The highest BCUT2D eigenvalue weighted by molar-refractivity contribution is 5.95. The Kier molecular flexibility index (Phi) is 23.8. The SMILES string of the molecule is CCCCOc1ccc(C)cc1.COc1ccc(C)cc1.Cc1ccc(C(C)(C)C)cc1.Cc1ccc(C)cc1.Cc1ccc2c(c1)C(C)(C)c1ccccc1-2.Cc1ccc2c(c1)C(c1ccccc1)(c1ccccc1)c1ccccc1-2.Cc1ccc2c(c1)C1(c3ccccc3-c3ccccc31)c1ccccc1-2. The molecule has 14 aromatic carbocycles. The van der Waals surface area contributed by atoms with Crippen molar-refractivity contribution in [3.8, 4) is 56.0 Å². The summed E-state index contributed by atoms with van der Waals surface area (Å²) in [5, 5.41) is 0. The van der Waals surface area contributed by atoms with Crippen molar-refractivity contribution < 1.29 is 9.47 Å². The summed E-state index contributed by atoms with van der Waals surface area (Å²) >= 11 is 0. The van der Waals surface area contributed by atoms with Crippen LogP contribution in [0.25, 0.3) is 44.5 Å². The molecule has 4 aliphatic carbocycles. The lowest BCUT2D eigenvalue weighted by Crippen LogP contribution is -2.28. The van der Waals surface area contributed by atoms with Crippen LogP contribution < -0.4 is 9.47 Å². The number of ether oxygens (including phenoxy) is 2. The van der Waals surface area contributed by atoms with E-state index in [1.54, 1.807) is 7.11 Å². The van der Waals surface area contributed by atoms with E-state index in [-0.39, 0.29) is 21.7 Å². The molecule has 0 atom stereocenters. The average Bonchev–Trinajstić information content (AvgIpc) is 1.51. The molecule has 108 heavy (non-hydrogen) atoms. The van der Waals surface area contributed by atoms with Gasteiger partial charge in [-0.05, 0) is 197 Å². The molecule has 0 fully saturated rings. The first kappa shape index (κ1) is 76.3. The summed E-state index contributed by atoms with van der Waals surface area (Å²) < 4.78 is 10.5. The van der Waals surface area contributed by atoms with Crippen LogP contribution in [-0.4, -0.2) is 13.7 Å². The Morgan fingerprint density at radius 1 is 0.269 bits per heavy atom. The number of hydrogen-bond acceptors (Lipinski definition) is 2. The standard InChI is InChI=1S/C26H18.C26H20.C16H16.C11H16O.C11H16.C8H10O.C8H10/c1-17-14-15-21-20-10-4-7-13-24(20)26(25(21)16-17)22-11-5-2-8-18(22)19-9-3-6-12-23(19)26;1-19-16-17-23-22-14-8-9-15-24(22)26(25(23)18-19,20-10-4-2-5-11-20)21-12-6-3-7-13-21;1-11-8-9-13-12-6-4-5-7-14(12)16(2,3)15(13)10-11;1-3-4-9-12-11-7-5-10(2)6-8-11;1-9-5-7-10(8-6-9)11(2,3)4;1-7-3-5-8(9-2)6-4-7;1-7-3-5-8(2)6-4-7/h2-16H,1H3;2-18H,1H3;4-10H,1-3H3;5-8H,3-4,9H2,1-2H3;5-8H,1-4H3;3-6H,1-2H3;3-6H,1-2H3. The molecule has 542 valence electrons. The molecule has 2 nitrogen and oxygen atoms in total. The van der Waals surface area contributed by atoms with Crippen molar-refractivity contribution in [2.24, 2.45) is 0 Å². The zero-order chi connectivity index (χ0) is 76.2. The minimum absolute atomic E-state index is 0.151. The van der Waals surface area contributed by atoms with Gasteiger partial charge in [0, 0.05) is 5.41 Å². The number of methoxy groups -OCH3 is 1. The van der Waals surface area contributed by atoms with Gasteiger partial charge in [-0.3, -0.25) is 0 Å². The van der Waals surface area contributed by atoms with Gasteiger partial charge in [-0.1, -0.05) is 402 Å². The monoisotopic (exact) mass is 1410 g/mol. The molecule has 4 aliphatic rings. The Bertz CT molecular complexity index is 5100. The number of aryl methyl sites for hydroxylation is 8. The number of unbranched alkanes of at least 4 members (excludes halogenated alkanes) is 1. The molecule has 0 radical (unpaired) electrons. The second-order valence-electron chi connectivity index (χ2n) is 31.0. The average molecular weight is 1410 g/mol. The van der Waals surface area contributed by atoms with Crippen molar-refractivity contribution in [2.75, 3.05) is 13.7 Å². The van der Waals surface area contributed by atoms with Gasteiger partial charge in [0.25, 0.3) is 0 Å². The first-order chi connectivity index (χ1) is 52.2. The second kappa shape index (κ2) is 33.6. The van der Waals surface area contributed by atoms with Crippen molar-refractivity contribution in [2.45, 2.75) is 131 Å². The van der Waals surface area contributed by atoms with Crippen molar-refractivity contribution >= 4 is 0 Å². The van der Waals surface area contributed by atoms with Gasteiger partial charge >= 0.3 is 0 Å². The first-order valence-corrected chi connectivity index (χ1v) is 38.5. The number of hydrogen-bond donors (Lipinski definition) is 0. The van der Waals surface area contributed by atoms with Gasteiger partial charge in [0.2, 0.25) is 0 Å². The van der Waals surface area contributed by atoms with Crippen molar-refractivity contribution in [3.05, 3.63) is 439 Å².